The van der Waals surface area contributed by atoms with Gasteiger partial charge >= 0.3 is 0 Å². The molecule has 8 nitrogen and oxygen atoms in total. The van der Waals surface area contributed by atoms with Crippen molar-refractivity contribution < 1.29 is 14.3 Å². The highest BCUT2D eigenvalue weighted by Gasteiger charge is 2.15. The van der Waals surface area contributed by atoms with Gasteiger partial charge in [-0.3, -0.25) is 9.59 Å². The standard InChI is InChI=1S/C24H24N4O4/c1-16-23-19(28(26-16)18-7-5-4-6-8-18)11-12-27(24(23)30)15-22(29)25-14-17-9-10-20(31-2)21(13-17)32-3/h4-13H,14-15H2,1-3H3,(H,25,29). The summed E-state index contributed by atoms with van der Waals surface area (Å²) in [5.74, 6) is 0.940. The number of pyridine rings is 1. The van der Waals surface area contributed by atoms with Gasteiger partial charge in [0.05, 0.1) is 36.5 Å². The highest BCUT2D eigenvalue weighted by Crippen LogP contribution is 2.27. The first-order chi connectivity index (χ1) is 15.5. The van der Waals surface area contributed by atoms with Crippen LogP contribution in [0.1, 0.15) is 11.3 Å². The number of nitrogens with zero attached hydrogens (tertiary/aromatic N) is 3. The number of rotatable bonds is 7. The molecule has 2 aromatic carbocycles. The van der Waals surface area contributed by atoms with Crippen LogP contribution in [0.25, 0.3) is 16.6 Å². The third-order valence-electron chi connectivity index (χ3n) is 5.24. The smallest absolute Gasteiger partial charge is 0.262 e. The van der Waals surface area contributed by atoms with Gasteiger partial charge in [0.2, 0.25) is 5.91 Å². The van der Waals surface area contributed by atoms with E-state index < -0.39 is 0 Å². The van der Waals surface area contributed by atoms with E-state index in [1.807, 2.05) is 42.5 Å². The van der Waals surface area contributed by atoms with Gasteiger partial charge in [0, 0.05) is 12.7 Å². The van der Waals surface area contributed by atoms with E-state index in [4.69, 9.17) is 9.47 Å². The SMILES string of the molecule is COc1ccc(CNC(=O)Cn2ccc3c(c(C)nn3-c3ccccc3)c2=O)cc1OC. The van der Waals surface area contributed by atoms with Crippen LogP contribution in [0.2, 0.25) is 0 Å². The van der Waals surface area contributed by atoms with Crippen LogP contribution in [-0.4, -0.2) is 34.5 Å². The summed E-state index contributed by atoms with van der Waals surface area (Å²) in [6.07, 6.45) is 1.63. The van der Waals surface area contributed by atoms with Gasteiger partial charge in [-0.05, 0) is 42.8 Å². The number of ether oxygens (including phenoxy) is 2. The number of carbonyl (C=O) groups excluding carboxylic acids is 1. The molecule has 0 saturated carbocycles. The summed E-state index contributed by atoms with van der Waals surface area (Å²) in [6.45, 7) is 2.02. The van der Waals surface area contributed by atoms with E-state index >= 15 is 0 Å². The Bertz CT molecular complexity index is 1330. The minimum Gasteiger partial charge on any atom is -0.493 e. The molecule has 0 unspecified atom stereocenters. The van der Waals surface area contributed by atoms with E-state index in [-0.39, 0.29) is 18.0 Å². The van der Waals surface area contributed by atoms with Gasteiger partial charge in [-0.25, -0.2) is 4.68 Å². The predicted molar refractivity (Wildman–Crippen MR) is 121 cm³/mol. The lowest BCUT2D eigenvalue weighted by Crippen LogP contribution is -2.31. The minimum absolute atomic E-state index is 0.0853. The molecule has 0 aliphatic heterocycles. The maximum atomic E-state index is 13.1. The van der Waals surface area contributed by atoms with Crippen LogP contribution in [0.15, 0.2) is 65.6 Å². The highest BCUT2D eigenvalue weighted by molar-refractivity contribution is 5.83. The molecule has 164 valence electrons. The van der Waals surface area contributed by atoms with Crippen molar-refractivity contribution in [3.8, 4) is 17.2 Å². The molecular weight excluding hydrogens is 408 g/mol. The Morgan fingerprint density at radius 3 is 2.50 bits per heavy atom. The maximum Gasteiger partial charge on any atom is 0.262 e. The van der Waals surface area contributed by atoms with Crippen LogP contribution in [0.4, 0.5) is 0 Å². The monoisotopic (exact) mass is 432 g/mol. The summed E-state index contributed by atoms with van der Waals surface area (Å²) in [5.41, 5.74) is 2.81. The van der Waals surface area contributed by atoms with Gasteiger partial charge in [-0.1, -0.05) is 24.3 Å². The van der Waals surface area contributed by atoms with Crippen LogP contribution in [0, 0.1) is 6.92 Å². The number of carbonyl (C=O) groups is 1. The lowest BCUT2D eigenvalue weighted by atomic mass is 10.2. The lowest BCUT2D eigenvalue weighted by molar-refractivity contribution is -0.121. The molecule has 0 aliphatic rings. The number of fused-ring (bicyclic) bond motifs is 1. The molecular formula is C24H24N4O4. The first-order valence-corrected chi connectivity index (χ1v) is 10.1. The second-order valence-corrected chi connectivity index (χ2v) is 7.31. The average Bonchev–Trinajstić information content (AvgIpc) is 3.16. The van der Waals surface area contributed by atoms with Crippen LogP contribution in [0.3, 0.4) is 0 Å². The number of aryl methyl sites for hydroxylation is 1. The Balaban J connectivity index is 1.52. The van der Waals surface area contributed by atoms with Crippen molar-refractivity contribution >= 4 is 16.8 Å². The van der Waals surface area contributed by atoms with Crippen molar-refractivity contribution in [1.82, 2.24) is 19.7 Å². The lowest BCUT2D eigenvalue weighted by Gasteiger charge is -2.11. The minimum atomic E-state index is -0.269. The van der Waals surface area contributed by atoms with Crippen LogP contribution >= 0.6 is 0 Å². The van der Waals surface area contributed by atoms with Gasteiger partial charge < -0.3 is 19.4 Å². The number of hydrogen-bond donors (Lipinski definition) is 1. The number of para-hydroxylation sites is 1. The van der Waals surface area contributed by atoms with Crippen molar-refractivity contribution in [2.24, 2.45) is 0 Å². The Morgan fingerprint density at radius 1 is 1.03 bits per heavy atom. The van der Waals surface area contributed by atoms with Crippen LogP contribution < -0.4 is 20.3 Å². The Hall–Kier alpha value is -4.07. The first kappa shape index (κ1) is 21.2. The number of aromatic nitrogens is 3. The van der Waals surface area contributed by atoms with Crippen molar-refractivity contribution in [2.75, 3.05) is 14.2 Å². The molecule has 2 heterocycles. The van der Waals surface area contributed by atoms with Crippen molar-refractivity contribution in [2.45, 2.75) is 20.0 Å². The molecule has 0 bridgehead atoms. The van der Waals surface area contributed by atoms with Crippen molar-refractivity contribution in [3.63, 3.8) is 0 Å². The maximum absolute atomic E-state index is 13.1. The molecule has 0 radical (unpaired) electrons. The number of amides is 1. The van der Waals surface area contributed by atoms with Crippen molar-refractivity contribution in [3.05, 3.63) is 82.4 Å². The zero-order valence-corrected chi connectivity index (χ0v) is 18.2. The second kappa shape index (κ2) is 8.97. The summed E-state index contributed by atoms with van der Waals surface area (Å²) in [4.78, 5) is 25.6. The summed E-state index contributed by atoms with van der Waals surface area (Å²) < 4.78 is 13.7. The predicted octanol–water partition coefficient (Wildman–Crippen LogP) is 2.83. The molecule has 0 saturated heterocycles. The molecule has 2 aromatic heterocycles. The molecule has 0 aliphatic carbocycles. The van der Waals surface area contributed by atoms with E-state index in [1.165, 1.54) is 4.57 Å². The first-order valence-electron chi connectivity index (χ1n) is 10.1. The van der Waals surface area contributed by atoms with Gasteiger partial charge in [0.25, 0.3) is 5.56 Å². The largest absolute Gasteiger partial charge is 0.493 e. The van der Waals surface area contributed by atoms with E-state index in [2.05, 4.69) is 10.4 Å². The molecule has 0 spiro atoms. The normalized spacial score (nSPS) is 10.8. The third-order valence-corrected chi connectivity index (χ3v) is 5.24. The average molecular weight is 432 g/mol. The molecule has 1 N–H and O–H groups in total. The topological polar surface area (TPSA) is 87.4 Å². The Kier molecular flexibility index (Phi) is 5.93. The van der Waals surface area contributed by atoms with Gasteiger partial charge in [-0.15, -0.1) is 0 Å². The van der Waals surface area contributed by atoms with Gasteiger partial charge in [0.15, 0.2) is 11.5 Å². The molecule has 4 rings (SSSR count). The number of benzene rings is 2. The fraction of sp³-hybridized carbons (Fsp3) is 0.208. The van der Waals surface area contributed by atoms with Crippen molar-refractivity contribution in [1.29, 1.82) is 0 Å². The molecule has 4 aromatic rings. The number of methoxy groups -OCH3 is 2. The highest BCUT2D eigenvalue weighted by atomic mass is 16.5. The quantitative estimate of drug-likeness (QED) is 0.485. The van der Waals surface area contributed by atoms with E-state index in [1.54, 1.807) is 44.2 Å². The molecule has 32 heavy (non-hydrogen) atoms. The number of hydrogen-bond acceptors (Lipinski definition) is 5. The summed E-state index contributed by atoms with van der Waals surface area (Å²) in [6, 6.07) is 16.9. The molecule has 1 amide bonds. The Labute approximate surface area is 185 Å². The Morgan fingerprint density at radius 2 is 1.78 bits per heavy atom. The van der Waals surface area contributed by atoms with E-state index in [9.17, 15) is 9.59 Å². The fourth-order valence-corrected chi connectivity index (χ4v) is 3.63. The molecule has 8 heteroatoms. The van der Waals surface area contributed by atoms with E-state index in [0.717, 1.165) is 11.3 Å². The number of nitrogens with one attached hydrogen (secondary N) is 1. The summed E-state index contributed by atoms with van der Waals surface area (Å²) in [5, 5.41) is 7.87. The van der Waals surface area contributed by atoms with Gasteiger partial charge in [-0.2, -0.15) is 5.10 Å². The molecule has 0 atom stereocenters. The molecule has 0 fully saturated rings. The fourth-order valence-electron chi connectivity index (χ4n) is 3.63. The van der Waals surface area contributed by atoms with Gasteiger partial charge in [0.1, 0.15) is 6.54 Å². The summed E-state index contributed by atoms with van der Waals surface area (Å²) in [7, 11) is 3.13. The zero-order valence-electron chi connectivity index (χ0n) is 18.2. The van der Waals surface area contributed by atoms with Crippen LogP contribution in [-0.2, 0) is 17.9 Å². The second-order valence-electron chi connectivity index (χ2n) is 7.31. The zero-order chi connectivity index (χ0) is 22.7. The third kappa shape index (κ3) is 4.07. The van der Waals surface area contributed by atoms with Crippen LogP contribution in [0.5, 0.6) is 11.5 Å². The van der Waals surface area contributed by atoms with E-state index in [0.29, 0.717) is 34.6 Å². The summed E-state index contributed by atoms with van der Waals surface area (Å²) >= 11 is 0.